The molecule has 0 bridgehead atoms. The van der Waals surface area contributed by atoms with E-state index in [4.69, 9.17) is 5.41 Å². The molecule has 0 aromatic rings. The van der Waals surface area contributed by atoms with Gasteiger partial charge in [-0.2, -0.15) is 5.16 Å². The monoisotopic (exact) mass is 271 g/mol. The van der Waals surface area contributed by atoms with Crippen molar-refractivity contribution in [2.24, 2.45) is 0 Å². The fraction of sp³-hybridized carbons (Fsp3) is 0. The number of quaternary nitrogens is 1. The quantitative estimate of drug-likeness (QED) is 0.519. The smallest absolute Gasteiger partial charge is 0 e. The largest absolute Gasteiger partial charge is 0.753 e. The van der Waals surface area contributed by atoms with Gasteiger partial charge in [-0.25, -0.2) is 0 Å². The van der Waals surface area contributed by atoms with E-state index < -0.39 is 0 Å². The van der Waals surface area contributed by atoms with Crippen LogP contribution >= 0.6 is 12.2 Å². The molecule has 0 spiro atoms. The van der Waals surface area contributed by atoms with E-state index in [9.17, 15) is 0 Å². The molecular weight excluding hydrogens is 267 g/mol. The average molecular weight is 271 g/mol. The van der Waals surface area contributed by atoms with Crippen molar-refractivity contribution in [3.63, 3.8) is 0 Å². The summed E-state index contributed by atoms with van der Waals surface area (Å²) in [6.45, 7) is 0. The maximum absolute atomic E-state index is 7.13. The molecule has 5 heavy (non-hydrogen) atoms. The van der Waals surface area contributed by atoms with Crippen LogP contribution in [0.4, 0.5) is 0 Å². The fourth-order valence-electron chi connectivity index (χ4n) is 0. The molecule has 0 atom stereocenters. The number of nitrogens with zero attached hydrogens (tertiary/aromatic N) is 1. The molecule has 0 aromatic heterocycles. The van der Waals surface area contributed by atoms with Crippen LogP contribution < -0.4 is 6.15 Å². The van der Waals surface area contributed by atoms with E-state index in [0.29, 0.717) is 0 Å². The van der Waals surface area contributed by atoms with E-state index in [2.05, 4.69) is 12.2 Å². The summed E-state index contributed by atoms with van der Waals surface area (Å²) >= 11 is 3.70. The second-order valence-corrected chi connectivity index (χ2v) is 0.274. The van der Waals surface area contributed by atoms with E-state index >= 15 is 0 Å². The second-order valence-electron chi connectivity index (χ2n) is 0.0913. The van der Waals surface area contributed by atoms with Crippen molar-refractivity contribution in [3.8, 4) is 0 Å². The second kappa shape index (κ2) is 25.2. The predicted octanol–water partition coefficient (Wildman–Crippen LogP) is 1.03. The van der Waals surface area contributed by atoms with Gasteiger partial charge in [-0.3, -0.25) is 0 Å². The van der Waals surface area contributed by atoms with Crippen molar-refractivity contribution in [3.05, 3.63) is 5.41 Å². The average Bonchev–Trinajstić information content (AvgIpc) is 0.918. The first kappa shape index (κ1) is 18.0. The van der Waals surface area contributed by atoms with Crippen molar-refractivity contribution >= 4 is 17.4 Å². The number of rotatable bonds is 0. The molecular formula is CH4N2PtS. The zero-order valence-electron chi connectivity index (χ0n) is 2.67. The summed E-state index contributed by atoms with van der Waals surface area (Å²) in [7, 11) is 0. The molecule has 4 N–H and O–H groups in total. The van der Waals surface area contributed by atoms with Crippen LogP contribution in [0, 0.1) is 0 Å². The molecule has 0 saturated carbocycles. The van der Waals surface area contributed by atoms with Gasteiger partial charge in [0, 0.05) is 21.1 Å². The van der Waals surface area contributed by atoms with Gasteiger partial charge in [0.1, 0.15) is 0 Å². The number of hydrogen-bond acceptors (Lipinski definition) is 1. The number of thiocarbonyl (C=S) groups is 1. The van der Waals surface area contributed by atoms with Crippen LogP contribution in [0.15, 0.2) is 0 Å². The van der Waals surface area contributed by atoms with Crippen LogP contribution in [-0.4, -0.2) is 5.16 Å². The maximum Gasteiger partial charge on any atom is 0 e. The predicted molar refractivity (Wildman–Crippen MR) is 21.9 cm³/mol. The third-order valence-electron chi connectivity index (χ3n) is 0. The van der Waals surface area contributed by atoms with Crippen molar-refractivity contribution in [1.82, 2.24) is 6.15 Å². The number of hydrogen-bond donors (Lipinski definition) is 1. The van der Waals surface area contributed by atoms with Gasteiger partial charge < -0.3 is 11.6 Å². The van der Waals surface area contributed by atoms with Crippen LogP contribution in [0.25, 0.3) is 5.41 Å². The molecule has 4 heteroatoms. The Morgan fingerprint density at radius 1 is 1.60 bits per heavy atom. The molecule has 0 unspecified atom stereocenters. The zero-order valence-corrected chi connectivity index (χ0v) is 5.76. The van der Waals surface area contributed by atoms with Gasteiger partial charge in [0.05, 0.1) is 0 Å². The minimum atomic E-state index is 0. The SMILES string of the molecule is [N-]=C=S.[NH4+].[Pt]. The Bertz CT molecular complexity index is 30.6. The molecule has 0 rings (SSSR count). The Hall–Kier alpha value is 0.448. The van der Waals surface area contributed by atoms with Crippen LogP contribution in [-0.2, 0) is 21.1 Å². The Balaban J connectivity index is -0.0000000200. The summed E-state index contributed by atoms with van der Waals surface area (Å²) in [5.41, 5.74) is 0. The van der Waals surface area contributed by atoms with Crippen molar-refractivity contribution in [2.75, 3.05) is 0 Å². The van der Waals surface area contributed by atoms with Crippen LogP contribution in [0.2, 0.25) is 0 Å². The molecule has 0 aromatic carbocycles. The standard InChI is InChI=1S/CNS.H3N.Pt/c2-1-3;;/h;1H3;/q-1;;/p+1. The van der Waals surface area contributed by atoms with E-state index in [0.717, 1.165) is 0 Å². The summed E-state index contributed by atoms with van der Waals surface area (Å²) in [6, 6.07) is 0. The molecule has 0 aliphatic heterocycles. The van der Waals surface area contributed by atoms with Gasteiger partial charge in [0.25, 0.3) is 0 Å². The third-order valence-corrected chi connectivity index (χ3v) is 0. The Labute approximate surface area is 50.3 Å². The molecule has 0 saturated heterocycles. The molecule has 2 nitrogen and oxygen atoms in total. The first-order valence-electron chi connectivity index (χ1n) is 0.428. The molecule has 0 aliphatic rings. The van der Waals surface area contributed by atoms with E-state index in [-0.39, 0.29) is 27.2 Å². The summed E-state index contributed by atoms with van der Waals surface area (Å²) < 4.78 is 0. The van der Waals surface area contributed by atoms with Gasteiger partial charge in [-0.15, -0.1) is 0 Å². The molecule has 0 radical (unpaired) electrons. The third kappa shape index (κ3) is 133. The zero-order chi connectivity index (χ0) is 2.71. The Morgan fingerprint density at radius 3 is 1.60 bits per heavy atom. The minimum absolute atomic E-state index is 0. The molecule has 0 amide bonds. The molecule has 0 fully saturated rings. The topological polar surface area (TPSA) is 58.8 Å². The normalized spacial score (nSPS) is 1.60. The van der Waals surface area contributed by atoms with Crippen LogP contribution in [0.1, 0.15) is 0 Å². The maximum atomic E-state index is 7.13. The van der Waals surface area contributed by atoms with Gasteiger partial charge >= 0.3 is 0 Å². The summed E-state index contributed by atoms with van der Waals surface area (Å²) in [5, 5.41) is 8.47. The van der Waals surface area contributed by atoms with Crippen molar-refractivity contribution in [1.29, 1.82) is 0 Å². The minimum Gasteiger partial charge on any atom is -0.753 e. The Morgan fingerprint density at radius 2 is 1.60 bits per heavy atom. The molecule has 0 aliphatic carbocycles. The molecule has 34 valence electrons. The van der Waals surface area contributed by atoms with E-state index in [1.807, 2.05) is 0 Å². The van der Waals surface area contributed by atoms with Gasteiger partial charge in [-0.1, -0.05) is 12.2 Å². The van der Waals surface area contributed by atoms with Crippen LogP contribution in [0.3, 0.4) is 0 Å². The number of isothiocyanates is 1. The van der Waals surface area contributed by atoms with Gasteiger partial charge in [0.15, 0.2) is 0 Å². The first-order chi connectivity index (χ1) is 1.41. The van der Waals surface area contributed by atoms with Gasteiger partial charge in [0.2, 0.25) is 0 Å². The fourth-order valence-corrected chi connectivity index (χ4v) is 0. The Kier molecular flexibility index (Phi) is 90.7. The van der Waals surface area contributed by atoms with E-state index in [1.165, 1.54) is 5.16 Å². The molecule has 0 heterocycles. The van der Waals surface area contributed by atoms with Gasteiger partial charge in [-0.05, 0) is 0 Å². The summed E-state index contributed by atoms with van der Waals surface area (Å²) in [4.78, 5) is 0. The van der Waals surface area contributed by atoms with E-state index in [1.54, 1.807) is 0 Å². The summed E-state index contributed by atoms with van der Waals surface area (Å²) in [6.07, 6.45) is 0. The van der Waals surface area contributed by atoms with Crippen LogP contribution in [0.5, 0.6) is 0 Å². The van der Waals surface area contributed by atoms with Crippen molar-refractivity contribution < 1.29 is 21.1 Å². The van der Waals surface area contributed by atoms with Crippen molar-refractivity contribution in [2.45, 2.75) is 0 Å². The summed E-state index contributed by atoms with van der Waals surface area (Å²) in [5.74, 6) is 0. The first-order valence-corrected chi connectivity index (χ1v) is 0.836.